The maximum absolute atomic E-state index is 13.7. The van der Waals surface area contributed by atoms with Gasteiger partial charge in [-0.05, 0) is 36.8 Å². The van der Waals surface area contributed by atoms with Crippen LogP contribution in [0.25, 0.3) is 22.6 Å². The van der Waals surface area contributed by atoms with E-state index in [1.165, 1.54) is 17.8 Å². The zero-order valence-electron chi connectivity index (χ0n) is 16.3. The van der Waals surface area contributed by atoms with E-state index in [0.29, 0.717) is 34.5 Å². The highest BCUT2D eigenvalue weighted by atomic mass is 32.2. The Morgan fingerprint density at radius 1 is 1.27 bits per heavy atom. The third-order valence-corrected chi connectivity index (χ3v) is 5.43. The number of amides is 1. The molecule has 2 heterocycles. The minimum atomic E-state index is -0.360. The summed E-state index contributed by atoms with van der Waals surface area (Å²) in [5.41, 5.74) is 1.71. The number of thioether (sulfide) groups is 1. The van der Waals surface area contributed by atoms with Gasteiger partial charge in [0.2, 0.25) is 11.7 Å². The first-order chi connectivity index (χ1) is 14.5. The number of anilines is 1. The highest BCUT2D eigenvalue weighted by Crippen LogP contribution is 2.29. The summed E-state index contributed by atoms with van der Waals surface area (Å²) < 4.78 is 21.4. The molecule has 0 radical (unpaired) electrons. The third-order valence-electron chi connectivity index (χ3n) is 4.46. The second-order valence-corrected chi connectivity index (χ2v) is 7.60. The minimum Gasteiger partial charge on any atom is -0.453 e. The fraction of sp³-hybridized carbons (Fsp3) is 0.136. The molecular weight excluding hydrogens is 403 g/mol. The molecule has 0 aliphatic heterocycles. The van der Waals surface area contributed by atoms with Gasteiger partial charge in [-0.25, -0.2) is 4.39 Å². The van der Waals surface area contributed by atoms with Gasteiger partial charge in [-0.2, -0.15) is 0 Å². The van der Waals surface area contributed by atoms with Gasteiger partial charge >= 0.3 is 0 Å². The zero-order valence-corrected chi connectivity index (χ0v) is 17.1. The Balaban J connectivity index is 1.50. The molecule has 0 aliphatic carbocycles. The predicted molar refractivity (Wildman–Crippen MR) is 116 cm³/mol. The highest BCUT2D eigenvalue weighted by Gasteiger charge is 2.18. The number of para-hydroxylation sites is 1. The molecule has 30 heavy (non-hydrogen) atoms. The largest absolute Gasteiger partial charge is 0.453 e. The third kappa shape index (κ3) is 4.13. The van der Waals surface area contributed by atoms with E-state index in [9.17, 15) is 9.18 Å². The molecule has 0 fully saturated rings. The van der Waals surface area contributed by atoms with Crippen LogP contribution < -0.4 is 5.32 Å². The molecule has 0 aliphatic rings. The molecule has 4 rings (SSSR count). The number of nitrogens with one attached hydrogen (secondary N) is 1. The van der Waals surface area contributed by atoms with Crippen LogP contribution in [0.1, 0.15) is 5.56 Å². The number of nitrogens with zero attached hydrogens (tertiary/aromatic N) is 3. The number of halogens is 1. The maximum atomic E-state index is 13.7. The Bertz CT molecular complexity index is 1200. The summed E-state index contributed by atoms with van der Waals surface area (Å²) in [6.07, 6.45) is 1.73. The molecule has 2 aromatic carbocycles. The average Bonchev–Trinajstić information content (AvgIpc) is 3.33. The number of carbonyl (C=O) groups is 1. The standard InChI is InChI=1S/C22H19FN4O2S/c1-3-10-27-21(19-11-15-6-4-5-7-18(15)29-19)25-26-22(27)30-13-20(28)24-16-9-8-14(2)17(23)12-16/h3-9,11-12H,1,10,13H2,2H3,(H,24,28). The van der Waals surface area contributed by atoms with Crippen molar-refractivity contribution in [2.75, 3.05) is 11.1 Å². The van der Waals surface area contributed by atoms with Crippen LogP contribution in [0.4, 0.5) is 10.1 Å². The first-order valence-electron chi connectivity index (χ1n) is 9.27. The molecule has 8 heteroatoms. The van der Waals surface area contributed by atoms with Crippen LogP contribution in [0.15, 0.2) is 70.8 Å². The van der Waals surface area contributed by atoms with Gasteiger partial charge < -0.3 is 9.73 Å². The van der Waals surface area contributed by atoms with Crippen molar-refractivity contribution >= 4 is 34.3 Å². The molecule has 152 valence electrons. The van der Waals surface area contributed by atoms with Gasteiger partial charge in [0.05, 0.1) is 5.75 Å². The fourth-order valence-electron chi connectivity index (χ4n) is 2.96. The van der Waals surface area contributed by atoms with E-state index < -0.39 is 0 Å². The van der Waals surface area contributed by atoms with Crippen molar-refractivity contribution in [3.8, 4) is 11.6 Å². The molecule has 4 aromatic rings. The first-order valence-corrected chi connectivity index (χ1v) is 10.3. The Morgan fingerprint density at radius 3 is 2.87 bits per heavy atom. The highest BCUT2D eigenvalue weighted by molar-refractivity contribution is 7.99. The smallest absolute Gasteiger partial charge is 0.234 e. The minimum absolute atomic E-state index is 0.102. The van der Waals surface area contributed by atoms with Gasteiger partial charge in [0, 0.05) is 17.6 Å². The summed E-state index contributed by atoms with van der Waals surface area (Å²) in [4.78, 5) is 12.3. The number of furan rings is 1. The lowest BCUT2D eigenvalue weighted by molar-refractivity contribution is -0.113. The normalized spacial score (nSPS) is 11.0. The monoisotopic (exact) mass is 422 g/mol. The number of hydrogen-bond acceptors (Lipinski definition) is 5. The van der Waals surface area contributed by atoms with Crippen LogP contribution in [-0.4, -0.2) is 26.4 Å². The van der Waals surface area contributed by atoms with Gasteiger partial charge in [0.1, 0.15) is 11.4 Å². The van der Waals surface area contributed by atoms with Crippen LogP contribution in [0, 0.1) is 12.7 Å². The van der Waals surface area contributed by atoms with Gasteiger partial charge in [0.25, 0.3) is 0 Å². The van der Waals surface area contributed by atoms with Crippen molar-refractivity contribution in [1.29, 1.82) is 0 Å². The van der Waals surface area contributed by atoms with Gasteiger partial charge in [0.15, 0.2) is 10.9 Å². The van der Waals surface area contributed by atoms with Crippen molar-refractivity contribution in [3.05, 3.63) is 72.6 Å². The summed E-state index contributed by atoms with van der Waals surface area (Å²) in [6.45, 7) is 5.92. The first kappa shape index (κ1) is 19.9. The number of benzene rings is 2. The zero-order chi connectivity index (χ0) is 21.1. The van der Waals surface area contributed by atoms with Crippen molar-refractivity contribution < 1.29 is 13.6 Å². The second-order valence-electron chi connectivity index (χ2n) is 6.65. The topological polar surface area (TPSA) is 73.0 Å². The van der Waals surface area contributed by atoms with Crippen molar-refractivity contribution in [1.82, 2.24) is 14.8 Å². The Hall–Kier alpha value is -3.39. The molecule has 6 nitrogen and oxygen atoms in total. The van der Waals surface area contributed by atoms with Gasteiger partial charge in [-0.3, -0.25) is 9.36 Å². The van der Waals surface area contributed by atoms with E-state index in [0.717, 1.165) is 11.0 Å². The van der Waals surface area contributed by atoms with E-state index in [1.807, 2.05) is 34.9 Å². The van der Waals surface area contributed by atoms with Crippen LogP contribution in [0.5, 0.6) is 0 Å². The van der Waals surface area contributed by atoms with Crippen molar-refractivity contribution in [2.45, 2.75) is 18.6 Å². The number of carbonyl (C=O) groups excluding carboxylic acids is 1. The lowest BCUT2D eigenvalue weighted by atomic mass is 10.2. The van der Waals surface area contributed by atoms with Crippen LogP contribution in [0.3, 0.4) is 0 Å². The number of rotatable bonds is 7. The quantitative estimate of drug-likeness (QED) is 0.333. The van der Waals surface area contributed by atoms with Crippen LogP contribution in [-0.2, 0) is 11.3 Å². The van der Waals surface area contributed by atoms with Gasteiger partial charge in [-0.15, -0.1) is 16.8 Å². The predicted octanol–water partition coefficient (Wildman–Crippen LogP) is 5.06. The number of aromatic nitrogens is 3. The lowest BCUT2D eigenvalue weighted by Gasteiger charge is -2.08. The molecule has 0 saturated heterocycles. The summed E-state index contributed by atoms with van der Waals surface area (Å²) >= 11 is 1.24. The number of hydrogen-bond donors (Lipinski definition) is 1. The molecule has 0 unspecified atom stereocenters. The van der Waals surface area contributed by atoms with E-state index in [1.54, 1.807) is 25.1 Å². The second kappa shape index (κ2) is 8.54. The van der Waals surface area contributed by atoms with Crippen molar-refractivity contribution in [3.63, 3.8) is 0 Å². The lowest BCUT2D eigenvalue weighted by Crippen LogP contribution is -2.15. The van der Waals surface area contributed by atoms with Crippen molar-refractivity contribution in [2.24, 2.45) is 0 Å². The number of allylic oxidation sites excluding steroid dienone is 1. The van der Waals surface area contributed by atoms with E-state index in [4.69, 9.17) is 4.42 Å². The number of fused-ring (bicyclic) bond motifs is 1. The number of aryl methyl sites for hydroxylation is 1. The molecule has 1 amide bonds. The molecule has 2 aromatic heterocycles. The SMILES string of the molecule is C=CCn1c(SCC(=O)Nc2ccc(C)c(F)c2)nnc1-c1cc2ccccc2o1. The Morgan fingerprint density at radius 2 is 2.10 bits per heavy atom. The molecule has 0 saturated carbocycles. The van der Waals surface area contributed by atoms with E-state index >= 15 is 0 Å². The fourth-order valence-corrected chi connectivity index (χ4v) is 3.71. The van der Waals surface area contributed by atoms with E-state index in [-0.39, 0.29) is 17.5 Å². The van der Waals surface area contributed by atoms with Crippen LogP contribution >= 0.6 is 11.8 Å². The van der Waals surface area contributed by atoms with Gasteiger partial charge in [-0.1, -0.05) is 42.1 Å². The summed E-state index contributed by atoms with van der Waals surface area (Å²) in [5.74, 6) is 0.639. The average molecular weight is 422 g/mol. The summed E-state index contributed by atoms with van der Waals surface area (Å²) in [5, 5.41) is 12.7. The molecule has 0 bridgehead atoms. The van der Waals surface area contributed by atoms with E-state index in [2.05, 4.69) is 22.1 Å². The summed E-state index contributed by atoms with van der Waals surface area (Å²) in [7, 11) is 0. The molecule has 0 spiro atoms. The Kier molecular flexibility index (Phi) is 5.67. The maximum Gasteiger partial charge on any atom is 0.234 e. The molecule has 1 N–H and O–H groups in total. The Labute approximate surface area is 176 Å². The summed E-state index contributed by atoms with van der Waals surface area (Å²) in [6, 6.07) is 14.2. The molecule has 0 atom stereocenters. The molecular formula is C22H19FN4O2S. The van der Waals surface area contributed by atoms with Crippen LogP contribution in [0.2, 0.25) is 0 Å².